The van der Waals surface area contributed by atoms with Gasteiger partial charge in [-0.3, -0.25) is 0 Å². The van der Waals surface area contributed by atoms with E-state index < -0.39 is 0 Å². The molecule has 0 saturated heterocycles. The monoisotopic (exact) mass is 340 g/mol. The number of ether oxygens (including phenoxy) is 1. The molecule has 0 aromatic heterocycles. The summed E-state index contributed by atoms with van der Waals surface area (Å²) in [6, 6.07) is 7.26. The molecule has 0 spiro atoms. The van der Waals surface area contributed by atoms with Gasteiger partial charge in [0.05, 0.1) is 12.2 Å². The SMILES string of the molecule is CC(C)CCCC(C)CCOC(=O)c1ccc(Br)cc1. The molecular formula is C17H25BrO2. The number of hydrogen-bond acceptors (Lipinski definition) is 2. The first-order valence-corrected chi connectivity index (χ1v) is 8.21. The van der Waals surface area contributed by atoms with Crippen molar-refractivity contribution in [1.29, 1.82) is 0 Å². The Labute approximate surface area is 131 Å². The third-order valence-electron chi connectivity index (χ3n) is 3.40. The third-order valence-corrected chi connectivity index (χ3v) is 3.93. The Morgan fingerprint density at radius 3 is 2.35 bits per heavy atom. The van der Waals surface area contributed by atoms with Crippen molar-refractivity contribution in [3.63, 3.8) is 0 Å². The molecule has 1 atom stereocenters. The molecule has 0 fully saturated rings. The number of esters is 1. The lowest BCUT2D eigenvalue weighted by Gasteiger charge is -2.12. The Balaban J connectivity index is 2.20. The molecule has 0 amide bonds. The lowest BCUT2D eigenvalue weighted by Crippen LogP contribution is -2.09. The zero-order chi connectivity index (χ0) is 15.0. The highest BCUT2D eigenvalue weighted by Crippen LogP contribution is 2.16. The summed E-state index contributed by atoms with van der Waals surface area (Å²) in [6.45, 7) is 7.25. The fourth-order valence-electron chi connectivity index (χ4n) is 2.04. The second-order valence-corrected chi connectivity index (χ2v) is 6.78. The van der Waals surface area contributed by atoms with Gasteiger partial charge in [0, 0.05) is 4.47 Å². The molecule has 0 radical (unpaired) electrons. The minimum atomic E-state index is -0.230. The molecule has 0 N–H and O–H groups in total. The molecule has 1 unspecified atom stereocenters. The van der Waals surface area contributed by atoms with Crippen molar-refractivity contribution in [2.75, 3.05) is 6.61 Å². The van der Waals surface area contributed by atoms with Gasteiger partial charge in [-0.15, -0.1) is 0 Å². The fraction of sp³-hybridized carbons (Fsp3) is 0.588. The van der Waals surface area contributed by atoms with Crippen molar-refractivity contribution < 1.29 is 9.53 Å². The quantitative estimate of drug-likeness (QED) is 0.587. The summed E-state index contributed by atoms with van der Waals surface area (Å²) in [5, 5.41) is 0. The van der Waals surface area contributed by atoms with E-state index in [1.54, 1.807) is 12.1 Å². The first-order valence-electron chi connectivity index (χ1n) is 7.41. The maximum atomic E-state index is 11.8. The molecule has 0 aliphatic carbocycles. The molecule has 1 rings (SSSR count). The van der Waals surface area contributed by atoms with Gasteiger partial charge in [-0.1, -0.05) is 56.0 Å². The van der Waals surface area contributed by atoms with Gasteiger partial charge in [-0.2, -0.15) is 0 Å². The molecule has 2 nitrogen and oxygen atoms in total. The molecule has 1 aromatic carbocycles. The van der Waals surface area contributed by atoms with E-state index in [1.807, 2.05) is 12.1 Å². The number of rotatable bonds is 8. The molecule has 0 bridgehead atoms. The van der Waals surface area contributed by atoms with E-state index >= 15 is 0 Å². The van der Waals surface area contributed by atoms with Crippen LogP contribution in [0, 0.1) is 11.8 Å². The number of carbonyl (C=O) groups excluding carboxylic acids is 1. The van der Waals surface area contributed by atoms with Crippen molar-refractivity contribution in [2.24, 2.45) is 11.8 Å². The highest BCUT2D eigenvalue weighted by Gasteiger charge is 2.08. The molecule has 3 heteroatoms. The summed E-state index contributed by atoms with van der Waals surface area (Å²) in [5.74, 6) is 1.16. The summed E-state index contributed by atoms with van der Waals surface area (Å²) in [5.41, 5.74) is 0.612. The topological polar surface area (TPSA) is 26.3 Å². The average molecular weight is 341 g/mol. The zero-order valence-corrected chi connectivity index (χ0v) is 14.3. The van der Waals surface area contributed by atoms with E-state index in [0.717, 1.165) is 16.8 Å². The second kappa shape index (κ2) is 9.17. The molecule has 1 aromatic rings. The molecular weight excluding hydrogens is 316 g/mol. The molecule has 0 saturated carbocycles. The minimum absolute atomic E-state index is 0.230. The van der Waals surface area contributed by atoms with Crippen LogP contribution < -0.4 is 0 Å². The average Bonchev–Trinajstić information content (AvgIpc) is 2.39. The van der Waals surface area contributed by atoms with E-state index in [1.165, 1.54) is 19.3 Å². The van der Waals surface area contributed by atoms with Gasteiger partial charge >= 0.3 is 5.97 Å². The first-order chi connectivity index (χ1) is 9.49. The molecule has 112 valence electrons. The normalized spacial score (nSPS) is 12.4. The number of halogens is 1. The largest absolute Gasteiger partial charge is 0.462 e. The third kappa shape index (κ3) is 7.09. The summed E-state index contributed by atoms with van der Waals surface area (Å²) in [6.07, 6.45) is 4.71. The van der Waals surface area contributed by atoms with Crippen LogP contribution in [0.1, 0.15) is 56.8 Å². The fourth-order valence-corrected chi connectivity index (χ4v) is 2.31. The van der Waals surface area contributed by atoms with Crippen LogP contribution in [0.5, 0.6) is 0 Å². The Morgan fingerprint density at radius 2 is 1.75 bits per heavy atom. The van der Waals surface area contributed by atoms with Crippen molar-refractivity contribution in [2.45, 2.75) is 46.5 Å². The van der Waals surface area contributed by atoms with Crippen molar-refractivity contribution >= 4 is 21.9 Å². The Bertz CT molecular complexity index is 398. The van der Waals surface area contributed by atoms with E-state index in [4.69, 9.17) is 4.74 Å². The predicted molar refractivity (Wildman–Crippen MR) is 86.9 cm³/mol. The summed E-state index contributed by atoms with van der Waals surface area (Å²) < 4.78 is 6.28. The lowest BCUT2D eigenvalue weighted by molar-refractivity contribution is 0.0483. The van der Waals surface area contributed by atoms with Gasteiger partial charge in [0.15, 0.2) is 0 Å². The van der Waals surface area contributed by atoms with Crippen LogP contribution in [0.3, 0.4) is 0 Å². The highest BCUT2D eigenvalue weighted by molar-refractivity contribution is 9.10. The predicted octanol–water partition coefficient (Wildman–Crippen LogP) is 5.46. The Kier molecular flexibility index (Phi) is 7.90. The van der Waals surface area contributed by atoms with Crippen LogP contribution in [0.25, 0.3) is 0 Å². The number of carbonyl (C=O) groups is 1. The van der Waals surface area contributed by atoms with Gasteiger partial charge in [0.25, 0.3) is 0 Å². The highest BCUT2D eigenvalue weighted by atomic mass is 79.9. The van der Waals surface area contributed by atoms with Gasteiger partial charge in [-0.25, -0.2) is 4.79 Å². The van der Waals surface area contributed by atoms with Crippen LogP contribution in [0.4, 0.5) is 0 Å². The number of benzene rings is 1. The first kappa shape index (κ1) is 17.2. The smallest absolute Gasteiger partial charge is 0.338 e. The lowest BCUT2D eigenvalue weighted by atomic mass is 9.98. The van der Waals surface area contributed by atoms with Crippen LogP contribution in [-0.2, 0) is 4.74 Å². The Morgan fingerprint density at radius 1 is 1.10 bits per heavy atom. The van der Waals surface area contributed by atoms with Crippen LogP contribution in [-0.4, -0.2) is 12.6 Å². The summed E-state index contributed by atoms with van der Waals surface area (Å²) in [4.78, 5) is 11.8. The zero-order valence-electron chi connectivity index (χ0n) is 12.7. The molecule has 20 heavy (non-hydrogen) atoms. The molecule has 0 heterocycles. The Hall–Kier alpha value is -0.830. The van der Waals surface area contributed by atoms with Crippen LogP contribution >= 0.6 is 15.9 Å². The van der Waals surface area contributed by atoms with Crippen molar-refractivity contribution in [1.82, 2.24) is 0 Å². The summed E-state index contributed by atoms with van der Waals surface area (Å²) >= 11 is 3.35. The van der Waals surface area contributed by atoms with Gasteiger partial charge < -0.3 is 4.74 Å². The van der Waals surface area contributed by atoms with Crippen molar-refractivity contribution in [3.05, 3.63) is 34.3 Å². The summed E-state index contributed by atoms with van der Waals surface area (Å²) in [7, 11) is 0. The van der Waals surface area contributed by atoms with E-state index in [9.17, 15) is 4.79 Å². The second-order valence-electron chi connectivity index (χ2n) is 5.86. The maximum Gasteiger partial charge on any atom is 0.338 e. The van der Waals surface area contributed by atoms with Crippen molar-refractivity contribution in [3.8, 4) is 0 Å². The standard InChI is InChI=1S/C17H25BrO2/c1-13(2)5-4-6-14(3)11-12-20-17(19)15-7-9-16(18)10-8-15/h7-10,13-14H,4-6,11-12H2,1-3H3. The number of hydrogen-bond donors (Lipinski definition) is 0. The molecule has 0 aliphatic rings. The van der Waals surface area contributed by atoms with Crippen LogP contribution in [0.2, 0.25) is 0 Å². The van der Waals surface area contributed by atoms with Gasteiger partial charge in [-0.05, 0) is 42.5 Å². The van der Waals surface area contributed by atoms with E-state index in [0.29, 0.717) is 18.1 Å². The minimum Gasteiger partial charge on any atom is -0.462 e. The van der Waals surface area contributed by atoms with Crippen LogP contribution in [0.15, 0.2) is 28.7 Å². The van der Waals surface area contributed by atoms with E-state index in [2.05, 4.69) is 36.7 Å². The van der Waals surface area contributed by atoms with Gasteiger partial charge in [0.1, 0.15) is 0 Å². The van der Waals surface area contributed by atoms with E-state index in [-0.39, 0.29) is 5.97 Å². The maximum absolute atomic E-state index is 11.8. The van der Waals surface area contributed by atoms with Gasteiger partial charge in [0.2, 0.25) is 0 Å². The molecule has 0 aliphatic heterocycles.